The van der Waals surface area contributed by atoms with E-state index < -0.39 is 0 Å². The number of allylic oxidation sites excluding steroid dienone is 2. The van der Waals surface area contributed by atoms with Crippen molar-refractivity contribution in [1.29, 1.82) is 0 Å². The molecule has 3 rings (SSSR count). The lowest BCUT2D eigenvalue weighted by Gasteiger charge is -2.23. The molecule has 2 nitrogen and oxygen atoms in total. The summed E-state index contributed by atoms with van der Waals surface area (Å²) in [6, 6.07) is 17.7. The molecule has 0 bridgehead atoms. The SMILES string of the molecule is CN1/C(=C\C(=O)c2ccccc2)C(C)(C)c2ccccc21. The van der Waals surface area contributed by atoms with Crippen molar-refractivity contribution in [2.45, 2.75) is 19.3 Å². The summed E-state index contributed by atoms with van der Waals surface area (Å²) in [6.45, 7) is 4.33. The van der Waals surface area contributed by atoms with Gasteiger partial charge in [0.1, 0.15) is 0 Å². The summed E-state index contributed by atoms with van der Waals surface area (Å²) in [7, 11) is 2.03. The van der Waals surface area contributed by atoms with Crippen LogP contribution in [0, 0.1) is 0 Å². The molecular weight excluding hydrogens is 258 g/mol. The number of carbonyl (C=O) groups excluding carboxylic acids is 1. The van der Waals surface area contributed by atoms with Gasteiger partial charge < -0.3 is 4.90 Å². The minimum atomic E-state index is -0.157. The monoisotopic (exact) mass is 277 g/mol. The highest BCUT2D eigenvalue weighted by Crippen LogP contribution is 2.46. The third kappa shape index (κ3) is 2.17. The summed E-state index contributed by atoms with van der Waals surface area (Å²) < 4.78 is 0. The Morgan fingerprint density at radius 2 is 1.62 bits per heavy atom. The summed E-state index contributed by atoms with van der Waals surface area (Å²) in [4.78, 5) is 14.6. The van der Waals surface area contributed by atoms with Crippen LogP contribution in [0.4, 0.5) is 5.69 Å². The second-order valence-corrected chi connectivity index (χ2v) is 5.96. The quantitative estimate of drug-likeness (QED) is 0.606. The van der Waals surface area contributed by atoms with Gasteiger partial charge >= 0.3 is 0 Å². The fourth-order valence-electron chi connectivity index (χ4n) is 3.07. The molecule has 1 aliphatic rings. The van der Waals surface area contributed by atoms with E-state index in [9.17, 15) is 4.79 Å². The number of likely N-dealkylation sites (N-methyl/N-ethyl adjacent to an activating group) is 1. The summed E-state index contributed by atoms with van der Waals surface area (Å²) in [5.41, 5.74) is 4.05. The Morgan fingerprint density at radius 3 is 2.29 bits per heavy atom. The number of nitrogens with zero attached hydrogens (tertiary/aromatic N) is 1. The van der Waals surface area contributed by atoms with E-state index in [1.54, 1.807) is 6.08 Å². The smallest absolute Gasteiger partial charge is 0.187 e. The lowest BCUT2D eigenvalue weighted by Crippen LogP contribution is -2.24. The summed E-state index contributed by atoms with van der Waals surface area (Å²) >= 11 is 0. The zero-order chi connectivity index (χ0) is 15.0. The first kappa shape index (κ1) is 13.6. The predicted molar refractivity (Wildman–Crippen MR) is 86.7 cm³/mol. The number of fused-ring (bicyclic) bond motifs is 1. The number of anilines is 1. The predicted octanol–water partition coefficient (Wildman–Crippen LogP) is 4.18. The van der Waals surface area contributed by atoms with Gasteiger partial charge in [0.2, 0.25) is 0 Å². The highest BCUT2D eigenvalue weighted by molar-refractivity contribution is 6.05. The molecule has 0 spiro atoms. The maximum atomic E-state index is 12.5. The number of hydrogen-bond donors (Lipinski definition) is 0. The first-order valence-corrected chi connectivity index (χ1v) is 7.16. The van der Waals surface area contributed by atoms with E-state index in [1.807, 2.05) is 43.4 Å². The Hall–Kier alpha value is -2.35. The number of carbonyl (C=O) groups is 1. The Bertz CT molecular complexity index is 713. The van der Waals surface area contributed by atoms with E-state index in [2.05, 4.69) is 36.9 Å². The molecule has 2 heteroatoms. The molecule has 21 heavy (non-hydrogen) atoms. The van der Waals surface area contributed by atoms with E-state index in [-0.39, 0.29) is 11.2 Å². The van der Waals surface area contributed by atoms with E-state index >= 15 is 0 Å². The van der Waals surface area contributed by atoms with Gasteiger partial charge in [-0.15, -0.1) is 0 Å². The molecule has 0 radical (unpaired) electrons. The van der Waals surface area contributed by atoms with Crippen molar-refractivity contribution in [3.8, 4) is 0 Å². The van der Waals surface area contributed by atoms with Crippen molar-refractivity contribution in [2.75, 3.05) is 11.9 Å². The van der Waals surface area contributed by atoms with Crippen LogP contribution in [0.25, 0.3) is 0 Å². The van der Waals surface area contributed by atoms with Crippen molar-refractivity contribution >= 4 is 11.5 Å². The third-order valence-corrected chi connectivity index (χ3v) is 4.27. The number of hydrogen-bond acceptors (Lipinski definition) is 2. The van der Waals surface area contributed by atoms with Crippen molar-refractivity contribution in [2.24, 2.45) is 0 Å². The van der Waals surface area contributed by atoms with Gasteiger partial charge in [-0.1, -0.05) is 62.4 Å². The largest absolute Gasteiger partial charge is 0.347 e. The molecule has 0 saturated heterocycles. The Labute approximate surface area is 125 Å². The van der Waals surface area contributed by atoms with E-state index in [0.717, 1.165) is 11.3 Å². The zero-order valence-electron chi connectivity index (χ0n) is 12.6. The van der Waals surface area contributed by atoms with E-state index in [4.69, 9.17) is 0 Å². The maximum Gasteiger partial charge on any atom is 0.187 e. The van der Waals surface area contributed by atoms with Crippen LogP contribution in [0.5, 0.6) is 0 Å². The number of ketones is 1. The minimum Gasteiger partial charge on any atom is -0.347 e. The summed E-state index contributed by atoms with van der Waals surface area (Å²) in [5.74, 6) is 0.0540. The van der Waals surface area contributed by atoms with Crippen LogP contribution in [-0.2, 0) is 5.41 Å². The standard InChI is InChI=1S/C19H19NO/c1-19(2)15-11-7-8-12-16(15)20(3)18(19)13-17(21)14-9-5-4-6-10-14/h4-13H,1-3H3/b18-13-. The molecule has 0 unspecified atom stereocenters. The van der Waals surface area contributed by atoms with E-state index in [0.29, 0.717) is 0 Å². The fraction of sp³-hybridized carbons (Fsp3) is 0.211. The molecule has 2 aromatic rings. The maximum absolute atomic E-state index is 12.5. The highest BCUT2D eigenvalue weighted by Gasteiger charge is 2.38. The minimum absolute atomic E-state index is 0.0540. The fourth-order valence-corrected chi connectivity index (χ4v) is 3.07. The third-order valence-electron chi connectivity index (χ3n) is 4.27. The van der Waals surface area contributed by atoms with Crippen LogP contribution in [-0.4, -0.2) is 12.8 Å². The first-order chi connectivity index (χ1) is 10.0. The van der Waals surface area contributed by atoms with Gasteiger partial charge in [-0.2, -0.15) is 0 Å². The molecule has 0 N–H and O–H groups in total. The molecule has 0 saturated carbocycles. The summed E-state index contributed by atoms with van der Waals surface area (Å²) in [5, 5.41) is 0. The average Bonchev–Trinajstić information content (AvgIpc) is 2.70. The Balaban J connectivity index is 2.04. The van der Waals surface area contributed by atoms with Gasteiger partial charge in [0.15, 0.2) is 5.78 Å². The first-order valence-electron chi connectivity index (χ1n) is 7.16. The molecule has 0 aliphatic carbocycles. The second kappa shape index (κ2) is 4.88. The van der Waals surface area contributed by atoms with Crippen LogP contribution in [0.2, 0.25) is 0 Å². The highest BCUT2D eigenvalue weighted by atomic mass is 16.1. The zero-order valence-corrected chi connectivity index (χ0v) is 12.6. The Morgan fingerprint density at radius 1 is 1.00 bits per heavy atom. The molecule has 0 fully saturated rings. The van der Waals surface area contributed by atoms with Gasteiger partial charge in [0.05, 0.1) is 0 Å². The molecular formula is C19H19NO. The normalized spacial score (nSPS) is 17.9. The van der Waals surface area contributed by atoms with Gasteiger partial charge in [0, 0.05) is 35.5 Å². The van der Waals surface area contributed by atoms with Crippen LogP contribution in [0.15, 0.2) is 66.4 Å². The van der Waals surface area contributed by atoms with Crippen LogP contribution >= 0.6 is 0 Å². The molecule has 2 aromatic carbocycles. The van der Waals surface area contributed by atoms with Crippen molar-refractivity contribution in [3.63, 3.8) is 0 Å². The second-order valence-electron chi connectivity index (χ2n) is 5.96. The van der Waals surface area contributed by atoms with Crippen molar-refractivity contribution < 1.29 is 4.79 Å². The molecule has 1 heterocycles. The lowest BCUT2D eigenvalue weighted by atomic mass is 9.83. The van der Waals surface area contributed by atoms with E-state index in [1.165, 1.54) is 11.3 Å². The molecule has 1 aliphatic heterocycles. The molecule has 0 atom stereocenters. The van der Waals surface area contributed by atoms with Crippen molar-refractivity contribution in [1.82, 2.24) is 0 Å². The van der Waals surface area contributed by atoms with Crippen LogP contribution < -0.4 is 4.90 Å². The van der Waals surface area contributed by atoms with Crippen LogP contribution in [0.3, 0.4) is 0 Å². The number of para-hydroxylation sites is 1. The Kier molecular flexibility index (Phi) is 3.17. The topological polar surface area (TPSA) is 20.3 Å². The van der Waals surface area contributed by atoms with Crippen molar-refractivity contribution in [3.05, 3.63) is 77.5 Å². The molecule has 106 valence electrons. The van der Waals surface area contributed by atoms with Gasteiger partial charge in [-0.25, -0.2) is 0 Å². The average molecular weight is 277 g/mol. The van der Waals surface area contributed by atoms with Gasteiger partial charge in [0.25, 0.3) is 0 Å². The van der Waals surface area contributed by atoms with Crippen LogP contribution in [0.1, 0.15) is 29.8 Å². The van der Waals surface area contributed by atoms with Gasteiger partial charge in [-0.05, 0) is 11.6 Å². The summed E-state index contributed by atoms with van der Waals surface area (Å²) in [6.07, 6.45) is 1.77. The number of benzene rings is 2. The molecule has 0 amide bonds. The van der Waals surface area contributed by atoms with Gasteiger partial charge in [-0.3, -0.25) is 4.79 Å². The number of rotatable bonds is 2. The lowest BCUT2D eigenvalue weighted by molar-refractivity contribution is 0.104. The molecule has 0 aromatic heterocycles.